The lowest BCUT2D eigenvalue weighted by molar-refractivity contribution is 0.102. The molecule has 0 saturated carbocycles. The van der Waals surface area contributed by atoms with Gasteiger partial charge < -0.3 is 10.1 Å². The van der Waals surface area contributed by atoms with E-state index in [9.17, 15) is 13.2 Å². The second-order valence-electron chi connectivity index (χ2n) is 6.91. The molecule has 0 bridgehead atoms. The van der Waals surface area contributed by atoms with Crippen LogP contribution in [0.4, 0.5) is 11.4 Å². The van der Waals surface area contributed by atoms with Crippen LogP contribution in [0.5, 0.6) is 5.75 Å². The van der Waals surface area contributed by atoms with Crippen LogP contribution in [0.1, 0.15) is 42.6 Å². The summed E-state index contributed by atoms with van der Waals surface area (Å²) in [6.07, 6.45) is 1.19. The number of sulfonamides is 1. The van der Waals surface area contributed by atoms with Gasteiger partial charge in [-0.3, -0.25) is 14.6 Å². The molecule has 0 atom stereocenters. The minimum atomic E-state index is -4.05. The first-order chi connectivity index (χ1) is 14.3. The number of nitrogens with one attached hydrogen (secondary N) is 3. The summed E-state index contributed by atoms with van der Waals surface area (Å²) < 4.78 is 33.3. The first kappa shape index (κ1) is 21.4. The summed E-state index contributed by atoms with van der Waals surface area (Å²) in [5.41, 5.74) is 1.96. The van der Waals surface area contributed by atoms with E-state index < -0.39 is 15.9 Å². The van der Waals surface area contributed by atoms with Gasteiger partial charge in [-0.25, -0.2) is 0 Å². The smallest absolute Gasteiger partial charge is 0.279 e. The van der Waals surface area contributed by atoms with Crippen LogP contribution in [0, 0.1) is 0 Å². The van der Waals surface area contributed by atoms with Crippen molar-refractivity contribution in [2.24, 2.45) is 0 Å². The first-order valence-electron chi connectivity index (χ1n) is 9.50. The van der Waals surface area contributed by atoms with Gasteiger partial charge in [-0.2, -0.15) is 13.5 Å². The van der Waals surface area contributed by atoms with E-state index in [1.54, 1.807) is 36.4 Å². The Balaban J connectivity index is 1.76. The third-order valence-electron chi connectivity index (χ3n) is 4.37. The average Bonchev–Trinajstić information content (AvgIpc) is 3.21. The maximum atomic E-state index is 12.8. The Labute approximate surface area is 175 Å². The molecule has 1 amide bonds. The van der Waals surface area contributed by atoms with Gasteiger partial charge >= 0.3 is 0 Å². The maximum absolute atomic E-state index is 12.8. The highest BCUT2D eigenvalue weighted by Crippen LogP contribution is 2.22. The highest BCUT2D eigenvalue weighted by atomic mass is 32.2. The summed E-state index contributed by atoms with van der Waals surface area (Å²) in [5, 5.41) is 8.53. The Bertz CT molecular complexity index is 1100. The van der Waals surface area contributed by atoms with Crippen LogP contribution in [0.25, 0.3) is 0 Å². The summed E-state index contributed by atoms with van der Waals surface area (Å²) in [7, 11) is -4.05. The van der Waals surface area contributed by atoms with E-state index in [1.807, 2.05) is 19.1 Å². The molecular formula is C21H24N4O4S. The molecule has 1 aromatic heterocycles. The lowest BCUT2D eigenvalue weighted by Crippen LogP contribution is -2.19. The molecule has 3 rings (SSSR count). The standard InChI is InChI=1S/C21H24N4O4S/c1-4-29-18-11-9-17(10-12-18)25-30(27,28)21-19(13-22-24-21)20(26)23-16-7-5-15(6-8-16)14(2)3/h5-14,25H,4H2,1-3H3,(H,22,24)(H,23,26). The van der Waals surface area contributed by atoms with Gasteiger partial charge in [0.1, 0.15) is 5.75 Å². The average molecular weight is 429 g/mol. The Kier molecular flexibility index (Phi) is 6.41. The highest BCUT2D eigenvalue weighted by Gasteiger charge is 2.25. The maximum Gasteiger partial charge on any atom is 0.279 e. The van der Waals surface area contributed by atoms with Crippen molar-refractivity contribution in [2.75, 3.05) is 16.6 Å². The third kappa shape index (κ3) is 4.98. The molecule has 0 unspecified atom stereocenters. The van der Waals surface area contributed by atoms with Crippen molar-refractivity contribution < 1.29 is 17.9 Å². The largest absolute Gasteiger partial charge is 0.494 e. The molecule has 0 spiro atoms. The van der Waals surface area contributed by atoms with Crippen molar-refractivity contribution in [1.82, 2.24) is 10.2 Å². The summed E-state index contributed by atoms with van der Waals surface area (Å²) in [4.78, 5) is 12.7. The SMILES string of the molecule is CCOc1ccc(NS(=O)(=O)c2[nH]ncc2C(=O)Nc2ccc(C(C)C)cc2)cc1. The van der Waals surface area contributed by atoms with Crippen molar-refractivity contribution in [3.05, 3.63) is 65.9 Å². The van der Waals surface area contributed by atoms with Crippen LogP contribution in [0.15, 0.2) is 59.8 Å². The zero-order chi connectivity index (χ0) is 21.7. The number of nitrogens with zero attached hydrogens (tertiary/aromatic N) is 1. The zero-order valence-corrected chi connectivity index (χ0v) is 17.8. The van der Waals surface area contributed by atoms with E-state index in [-0.39, 0.29) is 10.6 Å². The van der Waals surface area contributed by atoms with Crippen LogP contribution in [-0.4, -0.2) is 31.1 Å². The number of hydrogen-bond acceptors (Lipinski definition) is 5. The predicted molar refractivity (Wildman–Crippen MR) is 115 cm³/mol. The molecule has 9 heteroatoms. The van der Waals surface area contributed by atoms with Crippen molar-refractivity contribution in [1.29, 1.82) is 0 Å². The molecule has 3 N–H and O–H groups in total. The molecule has 158 valence electrons. The minimum Gasteiger partial charge on any atom is -0.494 e. The number of aromatic nitrogens is 2. The fraction of sp³-hybridized carbons (Fsp3) is 0.238. The van der Waals surface area contributed by atoms with Gasteiger partial charge in [0.2, 0.25) is 0 Å². The monoisotopic (exact) mass is 428 g/mol. The summed E-state index contributed by atoms with van der Waals surface area (Å²) in [6.45, 7) is 6.53. The van der Waals surface area contributed by atoms with E-state index in [0.717, 1.165) is 5.56 Å². The number of rotatable bonds is 8. The Hall–Kier alpha value is -3.33. The van der Waals surface area contributed by atoms with E-state index in [0.29, 0.717) is 29.6 Å². The Morgan fingerprint density at radius 2 is 1.70 bits per heavy atom. The van der Waals surface area contributed by atoms with Gasteiger partial charge in [-0.1, -0.05) is 26.0 Å². The summed E-state index contributed by atoms with van der Waals surface area (Å²) >= 11 is 0. The van der Waals surface area contributed by atoms with Crippen LogP contribution in [0.3, 0.4) is 0 Å². The molecule has 8 nitrogen and oxygen atoms in total. The second-order valence-corrected chi connectivity index (χ2v) is 8.53. The van der Waals surface area contributed by atoms with Crippen LogP contribution < -0.4 is 14.8 Å². The van der Waals surface area contributed by atoms with E-state index in [2.05, 4.69) is 34.1 Å². The van der Waals surface area contributed by atoms with Crippen molar-refractivity contribution >= 4 is 27.3 Å². The topological polar surface area (TPSA) is 113 Å². The molecule has 30 heavy (non-hydrogen) atoms. The number of ether oxygens (including phenoxy) is 1. The number of aromatic amines is 1. The van der Waals surface area contributed by atoms with Gasteiger partial charge in [0.25, 0.3) is 15.9 Å². The molecule has 0 fully saturated rings. The summed E-state index contributed by atoms with van der Waals surface area (Å²) in [5.74, 6) is 0.424. The highest BCUT2D eigenvalue weighted by molar-refractivity contribution is 7.92. The number of carbonyl (C=O) groups excluding carboxylic acids is 1. The summed E-state index contributed by atoms with van der Waals surface area (Å²) in [6, 6.07) is 13.9. The molecular weight excluding hydrogens is 404 g/mol. The van der Waals surface area contributed by atoms with Crippen molar-refractivity contribution in [3.8, 4) is 5.75 Å². The lowest BCUT2D eigenvalue weighted by atomic mass is 10.0. The second kappa shape index (κ2) is 9.00. The van der Waals surface area contributed by atoms with E-state index in [4.69, 9.17) is 4.74 Å². The van der Waals surface area contributed by atoms with Gasteiger partial charge in [0.15, 0.2) is 5.03 Å². The molecule has 0 saturated heterocycles. The van der Waals surface area contributed by atoms with Gasteiger partial charge in [0.05, 0.1) is 18.4 Å². The minimum absolute atomic E-state index is 0.0821. The fourth-order valence-corrected chi connectivity index (χ4v) is 3.94. The molecule has 0 aliphatic heterocycles. The molecule has 1 heterocycles. The van der Waals surface area contributed by atoms with E-state index >= 15 is 0 Å². The molecule has 0 aliphatic carbocycles. The number of anilines is 2. The number of amides is 1. The predicted octanol–water partition coefficient (Wildman–Crippen LogP) is 3.98. The van der Waals surface area contributed by atoms with Crippen LogP contribution in [-0.2, 0) is 10.0 Å². The van der Waals surface area contributed by atoms with Crippen LogP contribution >= 0.6 is 0 Å². The van der Waals surface area contributed by atoms with Crippen molar-refractivity contribution in [2.45, 2.75) is 31.7 Å². The third-order valence-corrected chi connectivity index (χ3v) is 5.72. The normalized spacial score (nSPS) is 11.3. The number of H-pyrrole nitrogens is 1. The Morgan fingerprint density at radius 1 is 1.07 bits per heavy atom. The van der Waals surface area contributed by atoms with Crippen molar-refractivity contribution in [3.63, 3.8) is 0 Å². The number of benzene rings is 2. The number of carbonyl (C=O) groups is 1. The molecule has 3 aromatic rings. The fourth-order valence-electron chi connectivity index (χ4n) is 2.78. The van der Waals surface area contributed by atoms with E-state index in [1.165, 1.54) is 6.20 Å². The zero-order valence-electron chi connectivity index (χ0n) is 17.0. The molecule has 0 radical (unpaired) electrons. The van der Waals surface area contributed by atoms with Gasteiger partial charge in [-0.05, 0) is 54.8 Å². The van der Waals surface area contributed by atoms with Crippen LogP contribution in [0.2, 0.25) is 0 Å². The quantitative estimate of drug-likeness (QED) is 0.502. The first-order valence-corrected chi connectivity index (χ1v) is 11.0. The number of hydrogen-bond donors (Lipinski definition) is 3. The van der Waals surface area contributed by atoms with Gasteiger partial charge in [-0.15, -0.1) is 0 Å². The molecule has 2 aromatic carbocycles. The Morgan fingerprint density at radius 3 is 2.30 bits per heavy atom. The van der Waals surface area contributed by atoms with Gasteiger partial charge in [0, 0.05) is 11.4 Å². The lowest BCUT2D eigenvalue weighted by Gasteiger charge is -2.10. The molecule has 0 aliphatic rings.